The van der Waals surface area contributed by atoms with E-state index in [2.05, 4.69) is 88.4 Å². The van der Waals surface area contributed by atoms with Crippen LogP contribution in [0.3, 0.4) is 0 Å². The second-order valence-corrected chi connectivity index (χ2v) is 31.8. The maximum absolute atomic E-state index is 7.35. The van der Waals surface area contributed by atoms with Gasteiger partial charge in [-0.1, -0.05) is 0 Å². The standard InChI is InChI=1S/2C7H7O.2C4H9.2C2H5.O.2Sn/c2*8-6-7-4-2-1-3-5-7;2*1-3-4-2;2*1-2;;;/h2*1-5H,6H2;2*1,3-4H2,2H3;2*1H2,2H3;;;/q2*-1;;;;;;2*+1. The van der Waals surface area contributed by atoms with Crippen molar-refractivity contribution in [3.8, 4) is 0 Å². The third-order valence-corrected chi connectivity index (χ3v) is 38.7. The third-order valence-electron chi connectivity index (χ3n) is 5.96. The molecule has 5 heteroatoms. The van der Waals surface area contributed by atoms with E-state index in [1.807, 2.05) is 0 Å². The molecule has 0 aliphatic carbocycles. The Morgan fingerprint density at radius 1 is 0.581 bits per heavy atom. The van der Waals surface area contributed by atoms with E-state index in [4.69, 9.17) is 7.56 Å². The summed E-state index contributed by atoms with van der Waals surface area (Å²) in [7, 11) is 0. The molecular formula is C26H42O3Sn2. The van der Waals surface area contributed by atoms with Crippen LogP contribution in [0.2, 0.25) is 17.7 Å². The van der Waals surface area contributed by atoms with Crippen LogP contribution in [0.15, 0.2) is 60.7 Å². The first-order valence-corrected chi connectivity index (χ1v) is 24.9. The fourth-order valence-corrected chi connectivity index (χ4v) is 43.7. The van der Waals surface area contributed by atoms with Gasteiger partial charge < -0.3 is 0 Å². The molecule has 0 N–H and O–H groups in total. The predicted molar refractivity (Wildman–Crippen MR) is 135 cm³/mol. The van der Waals surface area contributed by atoms with Gasteiger partial charge in [-0.3, -0.25) is 0 Å². The van der Waals surface area contributed by atoms with E-state index < -0.39 is 38.4 Å². The van der Waals surface area contributed by atoms with E-state index in [1.165, 1.54) is 36.8 Å². The van der Waals surface area contributed by atoms with Crippen LogP contribution < -0.4 is 0 Å². The quantitative estimate of drug-likeness (QED) is 0.175. The van der Waals surface area contributed by atoms with Crippen LogP contribution in [0.5, 0.6) is 0 Å². The molecule has 2 atom stereocenters. The maximum atomic E-state index is 7.35. The molecule has 0 spiro atoms. The first-order valence-electron chi connectivity index (χ1n) is 12.2. The predicted octanol–water partition coefficient (Wildman–Crippen LogP) is 7.96. The van der Waals surface area contributed by atoms with E-state index in [-0.39, 0.29) is 0 Å². The van der Waals surface area contributed by atoms with Gasteiger partial charge in [-0.05, 0) is 0 Å². The minimum atomic E-state index is -3.27. The second kappa shape index (κ2) is 14.9. The summed E-state index contributed by atoms with van der Waals surface area (Å²) in [5, 5.41) is 0. The molecule has 2 aromatic rings. The van der Waals surface area contributed by atoms with Gasteiger partial charge in [0, 0.05) is 0 Å². The van der Waals surface area contributed by atoms with Gasteiger partial charge in [-0.2, -0.15) is 0 Å². The molecule has 2 rings (SSSR count). The number of hydrogen-bond acceptors (Lipinski definition) is 3. The summed E-state index contributed by atoms with van der Waals surface area (Å²) in [6, 6.07) is 21.1. The Labute approximate surface area is 200 Å². The molecule has 0 amide bonds. The Balaban J connectivity index is 2.23. The summed E-state index contributed by atoms with van der Waals surface area (Å²) in [5.74, 6) is 0. The molecular weight excluding hydrogens is 598 g/mol. The molecule has 172 valence electrons. The number of rotatable bonds is 16. The second-order valence-electron chi connectivity index (χ2n) is 8.39. The molecule has 0 aliphatic heterocycles. The summed E-state index contributed by atoms with van der Waals surface area (Å²) in [6.07, 6.45) is 4.75. The first kappa shape index (κ1) is 27.2. The van der Waals surface area contributed by atoms with Gasteiger partial charge in [0.25, 0.3) is 0 Å². The third kappa shape index (κ3) is 9.36. The monoisotopic (exact) mass is 642 g/mol. The van der Waals surface area contributed by atoms with Crippen molar-refractivity contribution in [2.24, 2.45) is 0 Å². The Morgan fingerprint density at radius 2 is 0.968 bits per heavy atom. The first-order chi connectivity index (χ1) is 15.1. The minimum absolute atomic E-state index is 0.673. The van der Waals surface area contributed by atoms with Crippen molar-refractivity contribution < 1.29 is 7.56 Å². The molecule has 0 fully saturated rings. The van der Waals surface area contributed by atoms with Crippen molar-refractivity contribution in [3.05, 3.63) is 71.8 Å². The summed E-state index contributed by atoms with van der Waals surface area (Å²) < 4.78 is 25.4. The SMILES string of the molecule is CCC[CH2][Sn]([CH2]C)([O]Cc1ccccc1)[O][Sn]([CH2]C)([CH2]CCC)[O]Cc1ccccc1. The van der Waals surface area contributed by atoms with E-state index in [1.54, 1.807) is 0 Å². The topological polar surface area (TPSA) is 27.7 Å². The van der Waals surface area contributed by atoms with Crippen LogP contribution in [-0.4, -0.2) is 38.4 Å². The van der Waals surface area contributed by atoms with E-state index >= 15 is 0 Å². The zero-order valence-corrected chi connectivity index (χ0v) is 25.8. The van der Waals surface area contributed by atoms with Crippen molar-refractivity contribution in [3.63, 3.8) is 0 Å². The summed E-state index contributed by atoms with van der Waals surface area (Å²) in [6.45, 7) is 10.5. The van der Waals surface area contributed by atoms with Crippen molar-refractivity contribution >= 4 is 38.4 Å². The number of benzene rings is 2. The van der Waals surface area contributed by atoms with Crippen LogP contribution in [-0.2, 0) is 20.8 Å². The molecule has 0 radical (unpaired) electrons. The van der Waals surface area contributed by atoms with Crippen molar-refractivity contribution in [2.75, 3.05) is 0 Å². The Hall–Kier alpha value is -0.0826. The van der Waals surface area contributed by atoms with Crippen LogP contribution in [0.4, 0.5) is 0 Å². The van der Waals surface area contributed by atoms with Crippen molar-refractivity contribution in [2.45, 2.75) is 84.3 Å². The Bertz CT molecular complexity index is 652. The van der Waals surface area contributed by atoms with Gasteiger partial charge in [0.05, 0.1) is 0 Å². The van der Waals surface area contributed by atoms with Gasteiger partial charge in [0.1, 0.15) is 0 Å². The van der Waals surface area contributed by atoms with Crippen LogP contribution in [0, 0.1) is 0 Å². The number of unbranched alkanes of at least 4 members (excludes halogenated alkanes) is 2. The molecule has 0 bridgehead atoms. The fraction of sp³-hybridized carbons (Fsp3) is 0.538. The molecule has 31 heavy (non-hydrogen) atoms. The van der Waals surface area contributed by atoms with Crippen LogP contribution >= 0.6 is 0 Å². The molecule has 0 aliphatic rings. The van der Waals surface area contributed by atoms with E-state index in [0.29, 0.717) is 13.2 Å². The van der Waals surface area contributed by atoms with E-state index in [0.717, 1.165) is 17.7 Å². The summed E-state index contributed by atoms with van der Waals surface area (Å²) >= 11 is -6.54. The van der Waals surface area contributed by atoms with Gasteiger partial charge >= 0.3 is 202 Å². The fourth-order valence-electron chi connectivity index (χ4n) is 3.82. The zero-order valence-electron chi connectivity index (χ0n) is 20.1. The summed E-state index contributed by atoms with van der Waals surface area (Å²) in [4.78, 5) is 0. The average Bonchev–Trinajstić information content (AvgIpc) is 2.84. The van der Waals surface area contributed by atoms with Crippen molar-refractivity contribution in [1.29, 1.82) is 0 Å². The molecule has 3 nitrogen and oxygen atoms in total. The Morgan fingerprint density at radius 3 is 1.29 bits per heavy atom. The number of hydrogen-bond donors (Lipinski definition) is 0. The molecule has 0 heterocycles. The van der Waals surface area contributed by atoms with Gasteiger partial charge in [0.15, 0.2) is 0 Å². The van der Waals surface area contributed by atoms with Crippen molar-refractivity contribution in [1.82, 2.24) is 0 Å². The Kier molecular flexibility index (Phi) is 13.1. The van der Waals surface area contributed by atoms with Crippen LogP contribution in [0.1, 0.15) is 64.5 Å². The molecule has 0 saturated heterocycles. The van der Waals surface area contributed by atoms with Gasteiger partial charge in [0.2, 0.25) is 0 Å². The van der Waals surface area contributed by atoms with Gasteiger partial charge in [-0.15, -0.1) is 0 Å². The van der Waals surface area contributed by atoms with E-state index in [9.17, 15) is 0 Å². The van der Waals surface area contributed by atoms with Crippen LogP contribution in [0.25, 0.3) is 0 Å². The van der Waals surface area contributed by atoms with Gasteiger partial charge in [-0.25, -0.2) is 0 Å². The molecule has 2 aromatic carbocycles. The zero-order chi connectivity index (χ0) is 22.4. The molecule has 0 saturated carbocycles. The molecule has 0 aromatic heterocycles. The average molecular weight is 640 g/mol. The summed E-state index contributed by atoms with van der Waals surface area (Å²) in [5.41, 5.74) is 2.49. The molecule has 2 unspecified atom stereocenters. The normalized spacial score (nSPS) is 15.4.